The maximum atomic E-state index is 10.7. The molecule has 0 aromatic carbocycles. The third-order valence-corrected chi connectivity index (χ3v) is 5.61. The second-order valence-electron chi connectivity index (χ2n) is 5.31. The van der Waals surface area contributed by atoms with Crippen LogP contribution in [-0.2, 0) is 6.42 Å². The fourth-order valence-corrected chi connectivity index (χ4v) is 4.44. The van der Waals surface area contributed by atoms with Crippen LogP contribution in [0.3, 0.4) is 0 Å². The second kappa shape index (κ2) is 5.85. The molecule has 0 aliphatic heterocycles. The van der Waals surface area contributed by atoms with Crippen LogP contribution in [0.25, 0.3) is 0 Å². The smallest absolute Gasteiger partial charge is 0.0701 e. The first-order chi connectivity index (χ1) is 8.11. The lowest BCUT2D eigenvalue weighted by molar-refractivity contribution is 0.0249. The van der Waals surface area contributed by atoms with E-state index in [1.54, 1.807) is 11.3 Å². The van der Waals surface area contributed by atoms with E-state index in [-0.39, 0.29) is 0 Å². The molecule has 2 rings (SSSR count). The number of rotatable bonds is 3. The zero-order valence-corrected chi connectivity index (χ0v) is 12.8. The van der Waals surface area contributed by atoms with Crippen LogP contribution in [0.5, 0.6) is 0 Å². The Labute approximate surface area is 116 Å². The molecule has 1 aromatic heterocycles. The van der Waals surface area contributed by atoms with E-state index in [4.69, 9.17) is 0 Å². The molecule has 96 valence electrons. The van der Waals surface area contributed by atoms with Gasteiger partial charge in [-0.05, 0) is 53.2 Å². The standard InChI is InChI=1S/C14H21BrOS/c1-2-11-4-3-8-14(16,9-7-11)10-12-5-6-13(15)17-12/h5-6,11,16H,2-4,7-10H2,1H3. The summed E-state index contributed by atoms with van der Waals surface area (Å²) < 4.78 is 1.16. The van der Waals surface area contributed by atoms with Crippen LogP contribution >= 0.6 is 27.3 Å². The van der Waals surface area contributed by atoms with Crippen LogP contribution in [0.4, 0.5) is 0 Å². The summed E-state index contributed by atoms with van der Waals surface area (Å²) in [7, 11) is 0. The normalized spacial score (nSPS) is 30.2. The molecule has 0 saturated heterocycles. The van der Waals surface area contributed by atoms with Gasteiger partial charge in [-0.25, -0.2) is 0 Å². The minimum atomic E-state index is -0.450. The summed E-state index contributed by atoms with van der Waals surface area (Å²) in [6.07, 6.45) is 7.72. The van der Waals surface area contributed by atoms with Crippen LogP contribution < -0.4 is 0 Å². The molecule has 1 heterocycles. The Hall–Kier alpha value is 0.140. The monoisotopic (exact) mass is 316 g/mol. The molecule has 17 heavy (non-hydrogen) atoms. The Balaban J connectivity index is 1.98. The topological polar surface area (TPSA) is 20.2 Å². The molecule has 0 spiro atoms. The lowest BCUT2D eigenvalue weighted by Gasteiger charge is -2.26. The van der Waals surface area contributed by atoms with Gasteiger partial charge in [0, 0.05) is 11.3 Å². The van der Waals surface area contributed by atoms with Crippen LogP contribution in [0.2, 0.25) is 0 Å². The van der Waals surface area contributed by atoms with Gasteiger partial charge in [0.05, 0.1) is 9.39 Å². The Morgan fingerprint density at radius 3 is 2.88 bits per heavy atom. The highest BCUT2D eigenvalue weighted by Gasteiger charge is 2.30. The summed E-state index contributed by atoms with van der Waals surface area (Å²) in [5.41, 5.74) is -0.450. The minimum Gasteiger partial charge on any atom is -0.390 e. The molecule has 0 bridgehead atoms. The van der Waals surface area contributed by atoms with Crippen molar-refractivity contribution in [3.05, 3.63) is 20.8 Å². The summed E-state index contributed by atoms with van der Waals surface area (Å²) in [5.74, 6) is 0.832. The highest BCUT2D eigenvalue weighted by atomic mass is 79.9. The van der Waals surface area contributed by atoms with Gasteiger partial charge >= 0.3 is 0 Å². The summed E-state index contributed by atoms with van der Waals surface area (Å²) >= 11 is 5.24. The van der Waals surface area contributed by atoms with E-state index in [1.165, 1.54) is 30.6 Å². The van der Waals surface area contributed by atoms with Crippen LogP contribution in [-0.4, -0.2) is 10.7 Å². The lowest BCUT2D eigenvalue weighted by atomic mass is 9.89. The van der Waals surface area contributed by atoms with E-state index in [2.05, 4.69) is 35.0 Å². The van der Waals surface area contributed by atoms with Crippen LogP contribution in [0.15, 0.2) is 15.9 Å². The Kier molecular flexibility index (Phi) is 4.67. The molecule has 1 aliphatic rings. The lowest BCUT2D eigenvalue weighted by Crippen LogP contribution is -2.30. The summed E-state index contributed by atoms with van der Waals surface area (Å²) in [6.45, 7) is 2.27. The van der Waals surface area contributed by atoms with Crippen molar-refractivity contribution in [2.45, 2.75) is 57.5 Å². The average Bonchev–Trinajstić information content (AvgIpc) is 2.59. The largest absolute Gasteiger partial charge is 0.390 e. The van der Waals surface area contributed by atoms with E-state index >= 15 is 0 Å². The van der Waals surface area contributed by atoms with Gasteiger partial charge < -0.3 is 5.11 Å². The van der Waals surface area contributed by atoms with E-state index in [0.717, 1.165) is 29.0 Å². The second-order valence-corrected chi connectivity index (χ2v) is 7.86. The van der Waals surface area contributed by atoms with Gasteiger partial charge in [0.2, 0.25) is 0 Å². The van der Waals surface area contributed by atoms with Gasteiger partial charge in [0.15, 0.2) is 0 Å². The number of hydrogen-bond donors (Lipinski definition) is 1. The molecular formula is C14H21BrOS. The first-order valence-corrected chi connectivity index (χ1v) is 8.19. The molecule has 1 fully saturated rings. The molecule has 1 aromatic rings. The summed E-state index contributed by atoms with van der Waals surface area (Å²) in [6, 6.07) is 4.21. The van der Waals surface area contributed by atoms with Crippen LogP contribution in [0.1, 0.15) is 50.3 Å². The number of hydrogen-bond acceptors (Lipinski definition) is 2. The minimum absolute atomic E-state index is 0.450. The predicted octanol–water partition coefficient (Wildman–Crippen LogP) is 4.77. The SMILES string of the molecule is CCC1CCCC(O)(Cc2ccc(Br)s2)CC1. The van der Waals surface area contributed by atoms with Crippen molar-refractivity contribution >= 4 is 27.3 Å². The van der Waals surface area contributed by atoms with Crippen molar-refractivity contribution in [3.63, 3.8) is 0 Å². The van der Waals surface area contributed by atoms with Gasteiger partial charge in [-0.2, -0.15) is 0 Å². The molecule has 1 saturated carbocycles. The Morgan fingerprint density at radius 2 is 2.24 bits per heavy atom. The van der Waals surface area contributed by atoms with Crippen LogP contribution in [0, 0.1) is 5.92 Å². The highest BCUT2D eigenvalue weighted by molar-refractivity contribution is 9.11. The summed E-state index contributed by atoms with van der Waals surface area (Å²) in [5, 5.41) is 10.7. The average molecular weight is 317 g/mol. The number of aliphatic hydroxyl groups is 1. The molecular weight excluding hydrogens is 296 g/mol. The highest BCUT2D eigenvalue weighted by Crippen LogP contribution is 2.35. The molecule has 2 atom stereocenters. The third kappa shape index (κ3) is 3.80. The molecule has 0 amide bonds. The van der Waals surface area contributed by atoms with Crippen molar-refractivity contribution < 1.29 is 5.11 Å². The predicted molar refractivity (Wildman–Crippen MR) is 77.5 cm³/mol. The number of thiophene rings is 1. The van der Waals surface area contributed by atoms with E-state index < -0.39 is 5.60 Å². The third-order valence-electron chi connectivity index (χ3n) is 3.98. The van der Waals surface area contributed by atoms with Crippen molar-refractivity contribution in [2.75, 3.05) is 0 Å². The van der Waals surface area contributed by atoms with Gasteiger partial charge in [0.1, 0.15) is 0 Å². The van der Waals surface area contributed by atoms with Gasteiger partial charge in [0.25, 0.3) is 0 Å². The van der Waals surface area contributed by atoms with E-state index in [9.17, 15) is 5.11 Å². The fourth-order valence-electron chi connectivity index (χ4n) is 2.82. The number of halogens is 1. The maximum absolute atomic E-state index is 10.7. The van der Waals surface area contributed by atoms with Crippen molar-refractivity contribution in [1.29, 1.82) is 0 Å². The van der Waals surface area contributed by atoms with E-state index in [1.807, 2.05) is 0 Å². The fraction of sp³-hybridized carbons (Fsp3) is 0.714. The molecule has 0 radical (unpaired) electrons. The van der Waals surface area contributed by atoms with Gasteiger partial charge in [-0.15, -0.1) is 11.3 Å². The molecule has 2 unspecified atom stereocenters. The maximum Gasteiger partial charge on any atom is 0.0701 e. The molecule has 3 heteroatoms. The zero-order chi connectivity index (χ0) is 12.3. The molecule has 1 nitrogen and oxygen atoms in total. The quantitative estimate of drug-likeness (QED) is 0.796. The molecule has 1 aliphatic carbocycles. The van der Waals surface area contributed by atoms with E-state index in [0.29, 0.717) is 0 Å². The first kappa shape index (κ1) is 13.6. The van der Waals surface area contributed by atoms with Crippen molar-refractivity contribution in [1.82, 2.24) is 0 Å². The van der Waals surface area contributed by atoms with Gasteiger partial charge in [-0.3, -0.25) is 0 Å². The van der Waals surface area contributed by atoms with Crippen molar-refractivity contribution in [3.8, 4) is 0 Å². The zero-order valence-electron chi connectivity index (χ0n) is 10.4. The Bertz CT molecular complexity index is 363. The van der Waals surface area contributed by atoms with Crippen molar-refractivity contribution in [2.24, 2.45) is 5.92 Å². The summed E-state index contributed by atoms with van der Waals surface area (Å²) in [4.78, 5) is 1.30. The Morgan fingerprint density at radius 1 is 1.41 bits per heavy atom. The van der Waals surface area contributed by atoms with Gasteiger partial charge in [-0.1, -0.05) is 26.2 Å². The first-order valence-electron chi connectivity index (χ1n) is 6.58. The molecule has 1 N–H and O–H groups in total.